The van der Waals surface area contributed by atoms with E-state index in [1.807, 2.05) is 12.1 Å². The summed E-state index contributed by atoms with van der Waals surface area (Å²) in [6, 6.07) is 8.52. The largest absolute Gasteiger partial charge is 0.496 e. The summed E-state index contributed by atoms with van der Waals surface area (Å²) in [7, 11) is 1.72. The van der Waals surface area contributed by atoms with Gasteiger partial charge in [-0.1, -0.05) is 39.0 Å². The molecule has 0 aliphatic rings. The lowest BCUT2D eigenvalue weighted by Gasteiger charge is -2.21. The van der Waals surface area contributed by atoms with E-state index in [1.165, 1.54) is 12.0 Å². The van der Waals surface area contributed by atoms with E-state index in [2.05, 4.69) is 45.1 Å². The highest BCUT2D eigenvalue weighted by Gasteiger charge is 2.13. The molecule has 0 saturated heterocycles. The first-order valence-electron chi connectivity index (χ1n) is 6.30. The van der Waals surface area contributed by atoms with Gasteiger partial charge in [-0.2, -0.15) is 0 Å². The Labute approximate surface area is 105 Å². The predicted octanol–water partition coefficient (Wildman–Crippen LogP) is 3.78. The first-order valence-corrected chi connectivity index (χ1v) is 6.30. The van der Waals surface area contributed by atoms with E-state index in [4.69, 9.17) is 4.74 Å². The molecule has 0 radical (unpaired) electrons. The van der Waals surface area contributed by atoms with Crippen LogP contribution in [0.5, 0.6) is 5.75 Å². The third kappa shape index (κ3) is 4.78. The van der Waals surface area contributed by atoms with Gasteiger partial charge < -0.3 is 10.1 Å². The molecule has 0 spiro atoms. The number of benzene rings is 1. The van der Waals surface area contributed by atoms with Crippen LogP contribution in [0.1, 0.15) is 45.7 Å². The molecule has 0 aliphatic carbocycles. The molecule has 0 unspecified atom stereocenters. The second-order valence-corrected chi connectivity index (χ2v) is 5.73. The Morgan fingerprint density at radius 2 is 1.88 bits per heavy atom. The van der Waals surface area contributed by atoms with Gasteiger partial charge in [0, 0.05) is 11.6 Å². The summed E-state index contributed by atoms with van der Waals surface area (Å²) in [5.74, 6) is 0.961. The average molecular weight is 235 g/mol. The summed E-state index contributed by atoms with van der Waals surface area (Å²) in [5, 5.41) is 3.55. The van der Waals surface area contributed by atoms with Crippen molar-refractivity contribution in [3.05, 3.63) is 29.8 Å². The minimum Gasteiger partial charge on any atom is -0.496 e. The van der Waals surface area contributed by atoms with Crippen molar-refractivity contribution in [2.75, 3.05) is 13.7 Å². The summed E-state index contributed by atoms with van der Waals surface area (Å²) >= 11 is 0. The van der Waals surface area contributed by atoms with Crippen LogP contribution in [0.15, 0.2) is 24.3 Å². The minimum atomic E-state index is 0.327. The van der Waals surface area contributed by atoms with E-state index in [1.54, 1.807) is 7.11 Å². The first-order chi connectivity index (χ1) is 7.94. The Morgan fingerprint density at radius 1 is 1.24 bits per heavy atom. The summed E-state index contributed by atoms with van der Waals surface area (Å²) in [5.41, 5.74) is 1.61. The molecule has 1 aromatic rings. The van der Waals surface area contributed by atoms with Crippen LogP contribution in [-0.4, -0.2) is 13.7 Å². The lowest BCUT2D eigenvalue weighted by Crippen LogP contribution is -2.23. The van der Waals surface area contributed by atoms with Crippen molar-refractivity contribution in [2.45, 2.75) is 40.2 Å². The van der Waals surface area contributed by atoms with Crippen molar-refractivity contribution in [3.63, 3.8) is 0 Å². The molecule has 17 heavy (non-hydrogen) atoms. The fraction of sp³-hybridized carbons (Fsp3) is 0.600. The Hall–Kier alpha value is -1.02. The van der Waals surface area contributed by atoms with Crippen molar-refractivity contribution in [1.29, 1.82) is 0 Å². The van der Waals surface area contributed by atoms with Crippen molar-refractivity contribution in [1.82, 2.24) is 5.32 Å². The second kappa shape index (κ2) is 6.06. The maximum Gasteiger partial charge on any atom is 0.123 e. The van der Waals surface area contributed by atoms with Gasteiger partial charge in [-0.3, -0.25) is 0 Å². The Bertz CT molecular complexity index is 341. The first kappa shape index (κ1) is 14.0. The van der Waals surface area contributed by atoms with E-state index < -0.39 is 0 Å². The summed E-state index contributed by atoms with van der Waals surface area (Å²) in [4.78, 5) is 0. The summed E-state index contributed by atoms with van der Waals surface area (Å²) in [6.07, 6.45) is 1.17. The van der Waals surface area contributed by atoms with Crippen molar-refractivity contribution >= 4 is 0 Å². The van der Waals surface area contributed by atoms with Crippen molar-refractivity contribution in [2.24, 2.45) is 5.41 Å². The molecule has 0 heterocycles. The Balaban J connectivity index is 2.55. The molecule has 1 rings (SSSR count). The molecule has 0 aliphatic heterocycles. The zero-order valence-corrected chi connectivity index (χ0v) is 11.7. The zero-order chi connectivity index (χ0) is 12.9. The number of para-hydroxylation sites is 1. The Morgan fingerprint density at radius 3 is 2.47 bits per heavy atom. The lowest BCUT2D eigenvalue weighted by atomic mass is 9.92. The maximum absolute atomic E-state index is 5.37. The van der Waals surface area contributed by atoms with E-state index in [-0.39, 0.29) is 0 Å². The second-order valence-electron chi connectivity index (χ2n) is 5.73. The normalized spacial score (nSPS) is 13.5. The van der Waals surface area contributed by atoms with Gasteiger partial charge in [0.05, 0.1) is 7.11 Å². The van der Waals surface area contributed by atoms with E-state index in [0.29, 0.717) is 11.5 Å². The molecule has 0 aromatic heterocycles. The third-order valence-corrected chi connectivity index (χ3v) is 2.93. The average Bonchev–Trinajstić information content (AvgIpc) is 2.27. The van der Waals surface area contributed by atoms with Gasteiger partial charge in [-0.05, 0) is 31.4 Å². The number of nitrogens with one attached hydrogen (secondary N) is 1. The van der Waals surface area contributed by atoms with Crippen LogP contribution < -0.4 is 10.1 Å². The molecule has 1 atom stereocenters. The highest BCUT2D eigenvalue weighted by molar-refractivity contribution is 5.35. The maximum atomic E-state index is 5.37. The molecule has 1 N–H and O–H groups in total. The highest BCUT2D eigenvalue weighted by atomic mass is 16.5. The van der Waals surface area contributed by atoms with E-state index >= 15 is 0 Å². The standard InChI is InChI=1S/C15H25NO/c1-12(16-11-10-15(2,3)4)13-8-6-7-9-14(13)17-5/h6-9,12,16H,10-11H2,1-5H3/t12-/m1/s1. The number of hydrogen-bond acceptors (Lipinski definition) is 2. The van der Waals surface area contributed by atoms with E-state index in [9.17, 15) is 0 Å². The van der Waals surface area contributed by atoms with Gasteiger partial charge in [0.2, 0.25) is 0 Å². The predicted molar refractivity (Wildman–Crippen MR) is 73.5 cm³/mol. The van der Waals surface area contributed by atoms with Crippen molar-refractivity contribution in [3.8, 4) is 5.75 Å². The van der Waals surface area contributed by atoms with Crippen LogP contribution in [0.3, 0.4) is 0 Å². The summed E-state index contributed by atoms with van der Waals surface area (Å²) in [6.45, 7) is 10.0. The molecule has 0 amide bonds. The van der Waals surface area contributed by atoms with Gasteiger partial charge in [-0.15, -0.1) is 0 Å². The van der Waals surface area contributed by atoms with Crippen molar-refractivity contribution < 1.29 is 4.74 Å². The summed E-state index contributed by atoms with van der Waals surface area (Å²) < 4.78 is 5.37. The highest BCUT2D eigenvalue weighted by Crippen LogP contribution is 2.25. The minimum absolute atomic E-state index is 0.327. The number of methoxy groups -OCH3 is 1. The number of ether oxygens (including phenoxy) is 1. The van der Waals surface area contributed by atoms with Gasteiger partial charge in [-0.25, -0.2) is 0 Å². The SMILES string of the molecule is COc1ccccc1[C@@H](C)NCCC(C)(C)C. The topological polar surface area (TPSA) is 21.3 Å². The quantitative estimate of drug-likeness (QED) is 0.838. The number of rotatable bonds is 5. The number of hydrogen-bond donors (Lipinski definition) is 1. The zero-order valence-electron chi connectivity index (χ0n) is 11.7. The molecule has 0 saturated carbocycles. The van der Waals surface area contributed by atoms with Crippen LogP contribution in [0.4, 0.5) is 0 Å². The van der Waals surface area contributed by atoms with Gasteiger partial charge >= 0.3 is 0 Å². The van der Waals surface area contributed by atoms with Gasteiger partial charge in [0.15, 0.2) is 0 Å². The van der Waals surface area contributed by atoms with Crippen LogP contribution >= 0.6 is 0 Å². The van der Waals surface area contributed by atoms with Crippen LogP contribution in [0, 0.1) is 5.41 Å². The third-order valence-electron chi connectivity index (χ3n) is 2.93. The molecule has 0 fully saturated rings. The fourth-order valence-corrected chi connectivity index (χ4v) is 1.80. The molecule has 96 valence electrons. The molecular weight excluding hydrogens is 210 g/mol. The molecule has 0 bridgehead atoms. The molecule has 1 aromatic carbocycles. The fourth-order valence-electron chi connectivity index (χ4n) is 1.80. The van der Waals surface area contributed by atoms with E-state index in [0.717, 1.165) is 12.3 Å². The molecular formula is C15H25NO. The lowest BCUT2D eigenvalue weighted by molar-refractivity contribution is 0.354. The smallest absolute Gasteiger partial charge is 0.123 e. The van der Waals surface area contributed by atoms with Gasteiger partial charge in [0.1, 0.15) is 5.75 Å². The monoisotopic (exact) mass is 235 g/mol. The Kier molecular flexibility index (Phi) is 5.01. The van der Waals surface area contributed by atoms with Crippen LogP contribution in [-0.2, 0) is 0 Å². The molecule has 2 heteroatoms. The van der Waals surface area contributed by atoms with Gasteiger partial charge in [0.25, 0.3) is 0 Å². The molecule has 2 nitrogen and oxygen atoms in total. The van der Waals surface area contributed by atoms with Crippen LogP contribution in [0.25, 0.3) is 0 Å². The van der Waals surface area contributed by atoms with Crippen LogP contribution in [0.2, 0.25) is 0 Å².